The molecule has 0 radical (unpaired) electrons. The highest BCUT2D eigenvalue weighted by Crippen LogP contribution is 2.37. The lowest BCUT2D eigenvalue weighted by Gasteiger charge is -2.39. The lowest BCUT2D eigenvalue weighted by molar-refractivity contribution is -0.134. The number of ether oxygens (including phenoxy) is 1. The number of nitrogens with two attached hydrogens (primary N) is 1. The second kappa shape index (κ2) is 6.89. The van der Waals surface area contributed by atoms with E-state index in [-0.39, 0.29) is 11.5 Å². The Hall–Kier alpha value is -1.35. The molecule has 4 nitrogen and oxygen atoms in total. The standard InChI is InChI=1S/C15H20N2O2S/c1-19-15(7-3-8-15)10-14(18)17-11-13-6-5-12(20-13)4-2-9-16/h5-6H,3,7-11,16H2,1H3,(H,17,18). The molecule has 108 valence electrons. The number of nitrogens with one attached hydrogen (secondary N) is 1. The second-order valence-corrected chi connectivity index (χ2v) is 6.13. The molecule has 1 amide bonds. The first kappa shape index (κ1) is 15.0. The zero-order valence-corrected chi connectivity index (χ0v) is 12.5. The van der Waals surface area contributed by atoms with Crippen LogP contribution < -0.4 is 11.1 Å². The fraction of sp³-hybridized carbons (Fsp3) is 0.533. The van der Waals surface area contributed by atoms with Crippen molar-refractivity contribution in [3.63, 3.8) is 0 Å². The van der Waals surface area contributed by atoms with Crippen LogP contribution in [0.5, 0.6) is 0 Å². The molecular weight excluding hydrogens is 272 g/mol. The summed E-state index contributed by atoms with van der Waals surface area (Å²) in [5.74, 6) is 5.86. The van der Waals surface area contributed by atoms with E-state index in [0.717, 1.165) is 29.0 Å². The van der Waals surface area contributed by atoms with Crippen LogP contribution in [-0.4, -0.2) is 25.2 Å². The fourth-order valence-electron chi connectivity index (χ4n) is 2.24. The molecule has 3 N–H and O–H groups in total. The smallest absolute Gasteiger partial charge is 0.223 e. The molecule has 1 aliphatic rings. The molecule has 1 aromatic heterocycles. The predicted octanol–water partition coefficient (Wildman–Crippen LogP) is 1.63. The van der Waals surface area contributed by atoms with E-state index in [1.807, 2.05) is 12.1 Å². The molecule has 1 aromatic rings. The van der Waals surface area contributed by atoms with Gasteiger partial charge in [-0.25, -0.2) is 0 Å². The maximum absolute atomic E-state index is 11.9. The maximum Gasteiger partial charge on any atom is 0.223 e. The van der Waals surface area contributed by atoms with Gasteiger partial charge in [-0.05, 0) is 31.4 Å². The summed E-state index contributed by atoms with van der Waals surface area (Å²) in [6, 6.07) is 3.94. The number of carbonyl (C=O) groups is 1. The summed E-state index contributed by atoms with van der Waals surface area (Å²) in [5.41, 5.74) is 5.12. The molecule has 5 heteroatoms. The number of thiophene rings is 1. The minimum Gasteiger partial charge on any atom is -0.378 e. The summed E-state index contributed by atoms with van der Waals surface area (Å²) in [6.07, 6.45) is 3.56. The third-order valence-electron chi connectivity index (χ3n) is 3.62. The molecule has 20 heavy (non-hydrogen) atoms. The van der Waals surface area contributed by atoms with Crippen LogP contribution >= 0.6 is 11.3 Å². The van der Waals surface area contributed by atoms with E-state index in [4.69, 9.17) is 10.5 Å². The quantitative estimate of drug-likeness (QED) is 0.811. The van der Waals surface area contributed by atoms with Crippen molar-refractivity contribution in [2.45, 2.75) is 37.8 Å². The average molecular weight is 292 g/mol. The molecule has 1 saturated carbocycles. The molecule has 0 spiro atoms. The summed E-state index contributed by atoms with van der Waals surface area (Å²) < 4.78 is 5.46. The topological polar surface area (TPSA) is 64.3 Å². The van der Waals surface area contributed by atoms with Gasteiger partial charge in [-0.15, -0.1) is 11.3 Å². The van der Waals surface area contributed by atoms with Gasteiger partial charge >= 0.3 is 0 Å². The number of amides is 1. The summed E-state index contributed by atoms with van der Waals surface area (Å²) in [4.78, 5) is 14.0. The van der Waals surface area contributed by atoms with Crippen LogP contribution in [0.2, 0.25) is 0 Å². The first-order valence-electron chi connectivity index (χ1n) is 6.77. The Kier molecular flexibility index (Phi) is 5.18. The summed E-state index contributed by atoms with van der Waals surface area (Å²) in [6.45, 7) is 0.913. The van der Waals surface area contributed by atoms with E-state index >= 15 is 0 Å². The highest BCUT2D eigenvalue weighted by molar-refractivity contribution is 7.12. The number of carbonyl (C=O) groups excluding carboxylic acids is 1. The van der Waals surface area contributed by atoms with Gasteiger partial charge in [0.15, 0.2) is 0 Å². The molecule has 0 unspecified atom stereocenters. The van der Waals surface area contributed by atoms with Crippen LogP contribution in [0.25, 0.3) is 0 Å². The first-order chi connectivity index (χ1) is 9.67. The van der Waals surface area contributed by atoms with Crippen LogP contribution in [0.4, 0.5) is 0 Å². The van der Waals surface area contributed by atoms with E-state index in [1.165, 1.54) is 0 Å². The van der Waals surface area contributed by atoms with Crippen LogP contribution in [-0.2, 0) is 16.1 Å². The molecular formula is C15H20N2O2S. The van der Waals surface area contributed by atoms with Crippen LogP contribution in [0.3, 0.4) is 0 Å². The highest BCUT2D eigenvalue weighted by Gasteiger charge is 2.38. The number of rotatable bonds is 5. The Morgan fingerprint density at radius 3 is 2.95 bits per heavy atom. The summed E-state index contributed by atoms with van der Waals surface area (Å²) in [7, 11) is 1.69. The molecule has 0 aliphatic heterocycles. The molecule has 0 saturated heterocycles. The Morgan fingerprint density at radius 2 is 2.35 bits per heavy atom. The molecule has 1 fully saturated rings. The molecule has 0 aromatic carbocycles. The Bertz CT molecular complexity index is 518. The van der Waals surface area contributed by atoms with Gasteiger partial charge in [-0.2, -0.15) is 0 Å². The Balaban J connectivity index is 1.79. The maximum atomic E-state index is 11.9. The van der Waals surface area contributed by atoms with Gasteiger partial charge in [0, 0.05) is 12.0 Å². The lowest BCUT2D eigenvalue weighted by Crippen LogP contribution is -2.43. The van der Waals surface area contributed by atoms with Gasteiger partial charge in [-0.3, -0.25) is 4.79 Å². The largest absolute Gasteiger partial charge is 0.378 e. The zero-order chi connectivity index (χ0) is 14.4. The summed E-state index contributed by atoms with van der Waals surface area (Å²) >= 11 is 1.58. The van der Waals surface area contributed by atoms with Gasteiger partial charge in [0.2, 0.25) is 5.91 Å². The Labute approximate surface area is 123 Å². The third kappa shape index (κ3) is 3.83. The number of hydrogen-bond acceptors (Lipinski definition) is 4. The van der Waals surface area contributed by atoms with Crippen molar-refractivity contribution in [2.75, 3.05) is 13.7 Å². The van der Waals surface area contributed by atoms with Crippen LogP contribution in [0.15, 0.2) is 12.1 Å². The van der Waals surface area contributed by atoms with E-state index in [0.29, 0.717) is 19.5 Å². The van der Waals surface area contributed by atoms with Gasteiger partial charge < -0.3 is 15.8 Å². The van der Waals surface area contributed by atoms with Gasteiger partial charge in [-0.1, -0.05) is 11.8 Å². The fourth-order valence-corrected chi connectivity index (χ4v) is 3.07. The summed E-state index contributed by atoms with van der Waals surface area (Å²) in [5, 5.41) is 2.95. The normalized spacial score (nSPS) is 15.9. The van der Waals surface area contributed by atoms with E-state index in [2.05, 4.69) is 17.2 Å². The van der Waals surface area contributed by atoms with Crippen molar-refractivity contribution < 1.29 is 9.53 Å². The van der Waals surface area contributed by atoms with Crippen molar-refractivity contribution >= 4 is 17.2 Å². The predicted molar refractivity (Wildman–Crippen MR) is 80.3 cm³/mol. The van der Waals surface area contributed by atoms with Crippen LogP contribution in [0.1, 0.15) is 35.4 Å². The van der Waals surface area contributed by atoms with Gasteiger partial charge in [0.05, 0.1) is 30.0 Å². The van der Waals surface area contributed by atoms with Crippen molar-refractivity contribution in [1.29, 1.82) is 0 Å². The Morgan fingerprint density at radius 1 is 1.55 bits per heavy atom. The molecule has 0 bridgehead atoms. The van der Waals surface area contributed by atoms with E-state index in [9.17, 15) is 4.79 Å². The number of hydrogen-bond donors (Lipinski definition) is 2. The monoisotopic (exact) mass is 292 g/mol. The highest BCUT2D eigenvalue weighted by atomic mass is 32.1. The van der Waals surface area contributed by atoms with E-state index < -0.39 is 0 Å². The van der Waals surface area contributed by atoms with Crippen LogP contribution in [0, 0.1) is 11.8 Å². The molecule has 1 heterocycles. The van der Waals surface area contributed by atoms with Crippen molar-refractivity contribution in [1.82, 2.24) is 5.32 Å². The average Bonchev–Trinajstić information content (AvgIpc) is 2.86. The minimum absolute atomic E-state index is 0.0505. The molecule has 2 rings (SSSR count). The van der Waals surface area contributed by atoms with Gasteiger partial charge in [0.25, 0.3) is 0 Å². The molecule has 0 atom stereocenters. The van der Waals surface area contributed by atoms with Crippen molar-refractivity contribution in [2.24, 2.45) is 5.73 Å². The van der Waals surface area contributed by atoms with Crippen molar-refractivity contribution in [3.05, 3.63) is 21.9 Å². The zero-order valence-electron chi connectivity index (χ0n) is 11.7. The SMILES string of the molecule is COC1(CC(=O)NCc2ccc(C#CCN)s2)CCC1. The third-order valence-corrected chi connectivity index (χ3v) is 4.62. The minimum atomic E-state index is -0.211. The first-order valence-corrected chi connectivity index (χ1v) is 7.59. The van der Waals surface area contributed by atoms with E-state index in [1.54, 1.807) is 18.4 Å². The number of methoxy groups -OCH3 is 1. The lowest BCUT2D eigenvalue weighted by atomic mass is 9.77. The van der Waals surface area contributed by atoms with Crippen molar-refractivity contribution in [3.8, 4) is 11.8 Å². The van der Waals surface area contributed by atoms with Gasteiger partial charge in [0.1, 0.15) is 0 Å². The second-order valence-electron chi connectivity index (χ2n) is 4.97. The molecule has 1 aliphatic carbocycles.